The van der Waals surface area contributed by atoms with Crippen LogP contribution in [-0.4, -0.2) is 94.1 Å². The van der Waals surface area contributed by atoms with Crippen LogP contribution in [0.1, 0.15) is 49.4 Å². The number of carbonyl (C=O) groups excluding carboxylic acids is 4. The highest BCUT2D eigenvalue weighted by Gasteiger charge is 2.32. The predicted octanol–water partition coefficient (Wildman–Crippen LogP) is 4.78. The number of hydrogen-bond donors (Lipinski definition) is 4. The monoisotopic (exact) mass is 708 g/mol. The van der Waals surface area contributed by atoms with Gasteiger partial charge in [-0.3, -0.25) is 9.59 Å². The number of H-pyrrole nitrogens is 2. The first-order valence-corrected chi connectivity index (χ1v) is 17.2. The highest BCUT2D eigenvalue weighted by molar-refractivity contribution is 6.07. The van der Waals surface area contributed by atoms with Crippen molar-refractivity contribution in [3.63, 3.8) is 0 Å². The summed E-state index contributed by atoms with van der Waals surface area (Å²) in [5.41, 5.74) is 6.53. The average molecular weight is 709 g/mol. The van der Waals surface area contributed by atoms with Crippen molar-refractivity contribution in [3.05, 3.63) is 65.9 Å². The van der Waals surface area contributed by atoms with E-state index in [-0.39, 0.29) is 37.5 Å². The summed E-state index contributed by atoms with van der Waals surface area (Å²) in [5.74, 6) is 1.70. The molecule has 52 heavy (non-hydrogen) atoms. The maximum Gasteiger partial charge on any atom is 0.407 e. The van der Waals surface area contributed by atoms with E-state index in [1.807, 2.05) is 25.1 Å². The van der Waals surface area contributed by atoms with Crippen molar-refractivity contribution in [2.24, 2.45) is 0 Å². The molecule has 1 saturated heterocycles. The smallest absolute Gasteiger partial charge is 0.407 e. The highest BCUT2D eigenvalue weighted by atomic mass is 16.5. The van der Waals surface area contributed by atoms with Crippen LogP contribution in [0.3, 0.4) is 0 Å². The van der Waals surface area contributed by atoms with Crippen molar-refractivity contribution in [1.29, 1.82) is 0 Å². The summed E-state index contributed by atoms with van der Waals surface area (Å²) in [6.45, 7) is 3.46. The van der Waals surface area contributed by atoms with Crippen molar-refractivity contribution in [2.75, 3.05) is 40.4 Å². The lowest BCUT2D eigenvalue weighted by molar-refractivity contribution is -0.131. The number of aromatic amines is 2. The van der Waals surface area contributed by atoms with E-state index in [1.54, 1.807) is 16.0 Å². The number of imidazole rings is 2. The van der Waals surface area contributed by atoms with Gasteiger partial charge in [0.15, 0.2) is 0 Å². The Morgan fingerprint density at radius 2 is 1.81 bits per heavy atom. The number of fused-ring (bicyclic) bond motifs is 6. The summed E-state index contributed by atoms with van der Waals surface area (Å²) >= 11 is 0. The van der Waals surface area contributed by atoms with Crippen LogP contribution in [0, 0.1) is 0 Å². The Balaban J connectivity index is 1.10. The molecule has 15 heteroatoms. The second kappa shape index (κ2) is 14.6. The van der Waals surface area contributed by atoms with Crippen molar-refractivity contribution in [1.82, 2.24) is 40.4 Å². The third-order valence-electron chi connectivity index (χ3n) is 9.52. The minimum atomic E-state index is -0.655. The molecule has 270 valence electrons. The molecule has 3 aromatic carbocycles. The molecule has 4 heterocycles. The van der Waals surface area contributed by atoms with E-state index in [4.69, 9.17) is 9.72 Å². The number of carbonyl (C=O) groups is 4. The number of benzene rings is 3. The second-order valence-electron chi connectivity index (χ2n) is 12.8. The van der Waals surface area contributed by atoms with Crippen molar-refractivity contribution < 1.29 is 33.4 Å². The lowest BCUT2D eigenvalue weighted by Crippen LogP contribution is -2.40. The first kappa shape index (κ1) is 34.3. The van der Waals surface area contributed by atoms with Gasteiger partial charge in [-0.1, -0.05) is 25.1 Å². The molecule has 0 unspecified atom stereocenters. The first-order valence-electron chi connectivity index (χ1n) is 17.2. The SMILES string of the molecule is CCCN(Cc1ncc(-c2ccc3c(c2)COc2cc4c(ccc5[nH]c([C@@H]6CCCN6C(=O)CNC(=O)OC)nc54)cc2-3)[nH]1)C(=O)CNC(=O)OC. The number of alkyl carbamates (subject to hydrolysis) is 2. The largest absolute Gasteiger partial charge is 0.488 e. The summed E-state index contributed by atoms with van der Waals surface area (Å²) in [6, 6.07) is 14.2. The number of nitrogens with one attached hydrogen (secondary N) is 4. The maximum atomic E-state index is 12.9. The van der Waals surface area contributed by atoms with Gasteiger partial charge in [0.25, 0.3) is 0 Å². The van der Waals surface area contributed by atoms with Crippen molar-refractivity contribution in [3.8, 4) is 28.1 Å². The van der Waals surface area contributed by atoms with E-state index in [1.165, 1.54) is 14.2 Å². The molecule has 0 aliphatic carbocycles. The van der Waals surface area contributed by atoms with Crippen LogP contribution in [0.2, 0.25) is 0 Å². The van der Waals surface area contributed by atoms with Gasteiger partial charge < -0.3 is 44.6 Å². The van der Waals surface area contributed by atoms with E-state index in [0.29, 0.717) is 31.3 Å². The molecule has 15 nitrogen and oxygen atoms in total. The molecular weight excluding hydrogens is 668 g/mol. The third-order valence-corrected chi connectivity index (χ3v) is 9.52. The Morgan fingerprint density at radius 1 is 1.00 bits per heavy atom. The van der Waals surface area contributed by atoms with Crippen molar-refractivity contribution in [2.45, 2.75) is 45.4 Å². The fourth-order valence-electron chi connectivity index (χ4n) is 6.97. The predicted molar refractivity (Wildman–Crippen MR) is 191 cm³/mol. The third kappa shape index (κ3) is 6.81. The minimum absolute atomic E-state index is 0.138. The molecule has 0 spiro atoms. The van der Waals surface area contributed by atoms with E-state index in [0.717, 1.165) is 74.8 Å². The lowest BCUT2D eigenvalue weighted by Gasteiger charge is -2.23. The van der Waals surface area contributed by atoms with Gasteiger partial charge in [0.1, 0.15) is 37.1 Å². The number of likely N-dealkylation sites (tertiary alicyclic amines) is 1. The van der Waals surface area contributed by atoms with Gasteiger partial charge in [0.2, 0.25) is 11.8 Å². The lowest BCUT2D eigenvalue weighted by atomic mass is 9.92. The number of ether oxygens (including phenoxy) is 3. The van der Waals surface area contributed by atoms with E-state index >= 15 is 0 Å². The molecule has 1 fully saturated rings. The van der Waals surface area contributed by atoms with Crippen LogP contribution in [0.5, 0.6) is 5.75 Å². The average Bonchev–Trinajstić information content (AvgIpc) is 3.95. The molecule has 5 aromatic rings. The summed E-state index contributed by atoms with van der Waals surface area (Å²) in [5, 5.41) is 6.88. The molecule has 0 radical (unpaired) electrons. The zero-order valence-corrected chi connectivity index (χ0v) is 29.2. The van der Waals surface area contributed by atoms with Crippen LogP contribution in [0.25, 0.3) is 44.2 Å². The van der Waals surface area contributed by atoms with Gasteiger partial charge >= 0.3 is 12.2 Å². The molecule has 0 bridgehead atoms. The Kier molecular flexibility index (Phi) is 9.65. The fourth-order valence-corrected chi connectivity index (χ4v) is 6.97. The molecular formula is C37H40N8O7. The molecule has 4 amide bonds. The van der Waals surface area contributed by atoms with Gasteiger partial charge in [-0.15, -0.1) is 0 Å². The minimum Gasteiger partial charge on any atom is -0.488 e. The summed E-state index contributed by atoms with van der Waals surface area (Å²) in [4.78, 5) is 68.4. The topological polar surface area (TPSA) is 184 Å². The van der Waals surface area contributed by atoms with Gasteiger partial charge in [-0.25, -0.2) is 19.6 Å². The van der Waals surface area contributed by atoms with Gasteiger partial charge in [-0.05, 0) is 65.6 Å². The van der Waals surface area contributed by atoms with E-state index < -0.39 is 12.2 Å². The number of rotatable bonds is 10. The first-order chi connectivity index (χ1) is 25.3. The highest BCUT2D eigenvalue weighted by Crippen LogP contribution is 2.43. The molecule has 1 atom stereocenters. The van der Waals surface area contributed by atoms with E-state index in [9.17, 15) is 19.2 Å². The quantitative estimate of drug-likeness (QED) is 0.159. The summed E-state index contributed by atoms with van der Waals surface area (Å²) in [7, 11) is 2.52. The fraction of sp³-hybridized carbons (Fsp3) is 0.351. The molecule has 4 N–H and O–H groups in total. The van der Waals surface area contributed by atoms with Gasteiger partial charge in [-0.2, -0.15) is 0 Å². The van der Waals surface area contributed by atoms with Gasteiger partial charge in [0, 0.05) is 24.0 Å². The number of hydrogen-bond acceptors (Lipinski definition) is 9. The zero-order valence-electron chi connectivity index (χ0n) is 29.2. The van der Waals surface area contributed by atoms with Crippen molar-refractivity contribution >= 4 is 45.8 Å². The Labute approximate surface area is 299 Å². The van der Waals surface area contributed by atoms with Crippen LogP contribution < -0.4 is 15.4 Å². The molecule has 2 aromatic heterocycles. The van der Waals surface area contributed by atoms with E-state index in [2.05, 4.69) is 59.3 Å². The number of nitrogens with zero attached hydrogens (tertiary/aromatic N) is 4. The molecule has 0 saturated carbocycles. The summed E-state index contributed by atoms with van der Waals surface area (Å²) in [6.07, 6.45) is 2.82. The molecule has 2 aliphatic heterocycles. The van der Waals surface area contributed by atoms with Crippen LogP contribution >= 0.6 is 0 Å². The zero-order chi connectivity index (χ0) is 36.4. The standard InChI is InChI=1S/C37H40N8O7/c1-4-11-44(32(46)17-39-36(48)50-2)19-31-38-16-28(41-31)22-7-9-24-23(13-22)20-52-30-15-25-21(14-26(24)30)8-10-27-34(25)43-35(42-27)29-6-5-12-45(29)33(47)18-40-37(49)51-3/h7-10,13-16,29H,4-6,11-12,17-20H2,1-3H3,(H,38,41)(H,39,48)(H,40,49)(H,42,43)/t29-/m0/s1. The summed E-state index contributed by atoms with van der Waals surface area (Å²) < 4.78 is 15.5. The van der Waals surface area contributed by atoms with Gasteiger partial charge in [0.05, 0.1) is 49.7 Å². The van der Waals surface area contributed by atoms with Crippen LogP contribution in [0.4, 0.5) is 9.59 Å². The Bertz CT molecular complexity index is 2180. The molecule has 7 rings (SSSR count). The number of amides is 4. The second-order valence-corrected chi connectivity index (χ2v) is 12.8. The van der Waals surface area contributed by atoms with Crippen LogP contribution in [-0.2, 0) is 32.2 Å². The normalized spacial score (nSPS) is 14.8. The van der Waals surface area contributed by atoms with Crippen LogP contribution in [0.15, 0.2) is 48.7 Å². The number of methoxy groups -OCH3 is 2. The Hall–Kier alpha value is -6.12. The number of aromatic nitrogens is 4. The maximum absolute atomic E-state index is 12.9. The Morgan fingerprint density at radius 3 is 2.60 bits per heavy atom. The molecule has 2 aliphatic rings.